The molecule has 0 saturated carbocycles. The average molecular weight is 333 g/mol. The minimum absolute atomic E-state index is 0.0549. The minimum atomic E-state index is -1.60. The predicted octanol–water partition coefficient (Wildman–Crippen LogP) is -1.21. The quantitative estimate of drug-likeness (QED) is 0.399. The van der Waals surface area contributed by atoms with E-state index in [2.05, 4.69) is 4.98 Å². The van der Waals surface area contributed by atoms with Gasteiger partial charge in [-0.25, -0.2) is 4.79 Å². The maximum absolute atomic E-state index is 11.9. The molecule has 0 radical (unpaired) electrons. The third-order valence-electron chi connectivity index (χ3n) is 2.95. The molecule has 1 aromatic rings. The number of hydrogen-bond acceptors (Lipinski definition) is 8. The van der Waals surface area contributed by atoms with E-state index < -0.39 is 36.0 Å². The number of rotatable bonds is 8. The summed E-state index contributed by atoms with van der Waals surface area (Å²) in [7, 11) is 0. The lowest BCUT2D eigenvalue weighted by atomic mass is 10.1. The van der Waals surface area contributed by atoms with Crippen molar-refractivity contribution >= 4 is 17.6 Å². The molecule has 1 heterocycles. The third-order valence-corrected chi connectivity index (χ3v) is 4.66. The zero-order valence-corrected chi connectivity index (χ0v) is 13.3. The molecule has 9 heteroatoms. The number of aliphatic hydroxyl groups is 4. The number of anilines is 1. The molecule has 22 heavy (non-hydrogen) atoms. The fraction of sp³-hybridized carbons (Fsp3) is 0.692. The number of nitrogens with zero attached hydrogens (tertiary/aromatic N) is 2. The Morgan fingerprint density at radius 2 is 1.95 bits per heavy atom. The largest absolute Gasteiger partial charge is 0.394 e. The highest BCUT2D eigenvalue weighted by Gasteiger charge is 2.33. The smallest absolute Gasteiger partial charge is 0.350 e. The van der Waals surface area contributed by atoms with E-state index in [1.807, 2.05) is 13.8 Å². The van der Waals surface area contributed by atoms with Gasteiger partial charge in [0.05, 0.1) is 6.61 Å². The maximum Gasteiger partial charge on any atom is 0.350 e. The molecule has 0 saturated heterocycles. The van der Waals surface area contributed by atoms with Crippen molar-refractivity contribution in [1.29, 1.82) is 0 Å². The van der Waals surface area contributed by atoms with Gasteiger partial charge >= 0.3 is 5.69 Å². The lowest BCUT2D eigenvalue weighted by molar-refractivity contribution is -0.0821. The minimum Gasteiger partial charge on any atom is -0.394 e. The van der Waals surface area contributed by atoms with Crippen LogP contribution in [0.1, 0.15) is 19.2 Å². The topological polar surface area (TPSA) is 142 Å². The molecule has 0 bridgehead atoms. The van der Waals surface area contributed by atoms with Crippen molar-refractivity contribution in [1.82, 2.24) is 9.55 Å². The number of hydrogen-bond donors (Lipinski definition) is 5. The van der Waals surface area contributed by atoms with E-state index in [0.717, 1.165) is 4.57 Å². The summed E-state index contributed by atoms with van der Waals surface area (Å²) in [6.07, 6.45) is -3.19. The van der Waals surface area contributed by atoms with Gasteiger partial charge < -0.3 is 26.2 Å². The first-order valence-corrected chi connectivity index (χ1v) is 7.94. The molecule has 0 amide bonds. The monoisotopic (exact) mass is 333 g/mol. The number of thioether (sulfide) groups is 1. The van der Waals surface area contributed by atoms with Crippen LogP contribution in [-0.4, -0.2) is 60.6 Å². The number of aromatic nitrogens is 2. The lowest BCUT2D eigenvalue weighted by Crippen LogP contribution is -2.45. The highest BCUT2D eigenvalue weighted by atomic mass is 32.2. The van der Waals surface area contributed by atoms with E-state index >= 15 is 0 Å². The molecule has 0 aliphatic carbocycles. The van der Waals surface area contributed by atoms with Gasteiger partial charge in [0.15, 0.2) is 0 Å². The van der Waals surface area contributed by atoms with E-state index in [9.17, 15) is 20.1 Å². The summed E-state index contributed by atoms with van der Waals surface area (Å²) >= 11 is 1.25. The van der Waals surface area contributed by atoms with Crippen LogP contribution in [0.2, 0.25) is 0 Å². The fourth-order valence-electron chi connectivity index (χ4n) is 1.76. The highest BCUT2D eigenvalue weighted by molar-refractivity contribution is 7.99. The van der Waals surface area contributed by atoms with Crippen LogP contribution in [0.25, 0.3) is 0 Å². The Bertz CT molecular complexity index is 525. The van der Waals surface area contributed by atoms with E-state index in [0.29, 0.717) is 5.75 Å². The zero-order chi connectivity index (χ0) is 16.9. The van der Waals surface area contributed by atoms with Gasteiger partial charge in [0, 0.05) is 6.20 Å². The predicted molar refractivity (Wildman–Crippen MR) is 84.3 cm³/mol. The van der Waals surface area contributed by atoms with Crippen LogP contribution in [0, 0.1) is 5.92 Å². The van der Waals surface area contributed by atoms with Gasteiger partial charge in [-0.15, -0.1) is 11.8 Å². The summed E-state index contributed by atoms with van der Waals surface area (Å²) in [6.45, 7) is 3.24. The Morgan fingerprint density at radius 1 is 1.32 bits per heavy atom. The summed E-state index contributed by atoms with van der Waals surface area (Å²) in [5, 5.41) is 37.7. The van der Waals surface area contributed by atoms with Gasteiger partial charge in [0.1, 0.15) is 29.5 Å². The summed E-state index contributed by atoms with van der Waals surface area (Å²) in [5.41, 5.74) is 4.78. The Morgan fingerprint density at radius 3 is 2.45 bits per heavy atom. The molecule has 8 nitrogen and oxygen atoms in total. The van der Waals surface area contributed by atoms with Crippen molar-refractivity contribution in [2.75, 3.05) is 18.1 Å². The second-order valence-corrected chi connectivity index (χ2v) is 6.54. The van der Waals surface area contributed by atoms with E-state index in [-0.39, 0.29) is 11.7 Å². The van der Waals surface area contributed by atoms with E-state index in [1.54, 1.807) is 0 Å². The van der Waals surface area contributed by atoms with Crippen LogP contribution in [-0.2, 0) is 0 Å². The van der Waals surface area contributed by atoms with Gasteiger partial charge in [-0.3, -0.25) is 4.57 Å². The molecule has 1 aromatic heterocycles. The molecule has 126 valence electrons. The number of nitrogens with two attached hydrogens (primary N) is 1. The molecule has 0 aromatic carbocycles. The molecular weight excluding hydrogens is 310 g/mol. The van der Waals surface area contributed by atoms with Crippen LogP contribution >= 0.6 is 11.8 Å². The average Bonchev–Trinajstić information content (AvgIpc) is 2.46. The van der Waals surface area contributed by atoms with Crippen molar-refractivity contribution in [2.24, 2.45) is 5.92 Å². The molecule has 0 unspecified atom stereocenters. The zero-order valence-electron chi connectivity index (χ0n) is 12.5. The Balaban J connectivity index is 3.09. The molecule has 4 atom stereocenters. The first-order chi connectivity index (χ1) is 10.3. The van der Waals surface area contributed by atoms with Crippen molar-refractivity contribution in [3.05, 3.63) is 22.7 Å². The Labute approximate surface area is 132 Å². The molecule has 1 rings (SSSR count). The Kier molecular flexibility index (Phi) is 7.30. The molecule has 0 spiro atoms. The summed E-state index contributed by atoms with van der Waals surface area (Å²) in [5.74, 6) is 0.955. The van der Waals surface area contributed by atoms with Crippen molar-refractivity contribution in [2.45, 2.75) is 37.5 Å². The standard InChI is InChI=1S/C13H23N3O5S/c1-7(2)6-22-12(11(20)10(19)8(18)5-17)16-4-3-9(14)15-13(16)21/h3-4,7-8,10-12,17-20H,5-6H2,1-2H3,(H2,14,15,21)/t8-,10-,11-,12-/m1/s1. The van der Waals surface area contributed by atoms with Gasteiger partial charge in [0.2, 0.25) is 0 Å². The first kappa shape index (κ1) is 18.9. The molecule has 6 N–H and O–H groups in total. The van der Waals surface area contributed by atoms with Gasteiger partial charge in [-0.1, -0.05) is 13.8 Å². The van der Waals surface area contributed by atoms with Gasteiger partial charge in [-0.05, 0) is 17.7 Å². The van der Waals surface area contributed by atoms with Crippen molar-refractivity contribution < 1.29 is 20.4 Å². The molecule has 0 aliphatic rings. The Hall–Kier alpha value is -1.13. The third kappa shape index (κ3) is 4.96. The normalized spacial score (nSPS) is 17.2. The lowest BCUT2D eigenvalue weighted by Gasteiger charge is -2.30. The van der Waals surface area contributed by atoms with E-state index in [4.69, 9.17) is 10.8 Å². The van der Waals surface area contributed by atoms with Crippen LogP contribution in [0.4, 0.5) is 5.82 Å². The van der Waals surface area contributed by atoms with Crippen molar-refractivity contribution in [3.63, 3.8) is 0 Å². The van der Waals surface area contributed by atoms with E-state index in [1.165, 1.54) is 24.0 Å². The fourth-order valence-corrected chi connectivity index (χ4v) is 3.02. The SMILES string of the molecule is CC(C)CS[C@H]([C@H](O)[C@H](O)[C@H](O)CO)n1ccc(N)nc1=O. The van der Waals surface area contributed by atoms with Gasteiger partial charge in [0.25, 0.3) is 0 Å². The first-order valence-electron chi connectivity index (χ1n) is 6.89. The second kappa shape index (κ2) is 8.49. The second-order valence-electron chi connectivity index (χ2n) is 5.39. The molecule has 0 fully saturated rings. The highest BCUT2D eigenvalue weighted by Crippen LogP contribution is 2.29. The summed E-state index contributed by atoms with van der Waals surface area (Å²) < 4.78 is 1.15. The molecular formula is C13H23N3O5S. The number of nitrogen functional groups attached to an aromatic ring is 1. The maximum atomic E-state index is 11.9. The van der Waals surface area contributed by atoms with Crippen LogP contribution in [0.15, 0.2) is 17.1 Å². The molecule has 0 aliphatic heterocycles. The summed E-state index contributed by atoms with van der Waals surface area (Å²) in [6, 6.07) is 1.41. The summed E-state index contributed by atoms with van der Waals surface area (Å²) in [4.78, 5) is 15.5. The van der Waals surface area contributed by atoms with Crippen LogP contribution < -0.4 is 11.4 Å². The van der Waals surface area contributed by atoms with Crippen LogP contribution in [0.3, 0.4) is 0 Å². The van der Waals surface area contributed by atoms with Crippen molar-refractivity contribution in [3.8, 4) is 0 Å². The van der Waals surface area contributed by atoms with Gasteiger partial charge in [-0.2, -0.15) is 4.98 Å². The number of aliphatic hydroxyl groups excluding tert-OH is 4. The van der Waals surface area contributed by atoms with Crippen LogP contribution in [0.5, 0.6) is 0 Å².